The van der Waals surface area contributed by atoms with Crippen LogP contribution < -0.4 is 0 Å². The fourth-order valence-corrected chi connectivity index (χ4v) is 1.97. The van der Waals surface area contributed by atoms with Crippen molar-refractivity contribution in [3.05, 3.63) is 0 Å². The number of amides is 2. The minimum Gasteiger partial charge on any atom is -0.478 e. The van der Waals surface area contributed by atoms with E-state index in [0.29, 0.717) is 0 Å². The molecule has 0 saturated carbocycles. The molecule has 15 heteroatoms. The highest BCUT2D eigenvalue weighted by atomic mass is 16.4. The molecule has 15 nitrogen and oxygen atoms in total. The number of carbonyl (C=O) groups is 6. The Kier molecular flexibility index (Phi) is 4.06. The minimum absolute atomic E-state index is 0.202. The van der Waals surface area contributed by atoms with Gasteiger partial charge in [-0.25, -0.2) is 43.6 Å². The van der Waals surface area contributed by atoms with Crippen LogP contribution in [0.4, 0.5) is 9.59 Å². The van der Waals surface area contributed by atoms with E-state index >= 15 is 0 Å². The van der Waals surface area contributed by atoms with E-state index in [0.717, 1.165) is 0 Å². The summed E-state index contributed by atoms with van der Waals surface area (Å²) in [6.07, 6.45) is -5.22. The summed E-state index contributed by atoms with van der Waals surface area (Å²) in [4.78, 5) is 68.9. The topological polar surface area (TPSA) is 243 Å². The molecule has 0 unspecified atom stereocenters. The number of aliphatic imine (C=N–C) groups is 1. The molecular formula is C9H7N3O12. The quantitative estimate of drug-likeness (QED) is 0.294. The third-order valence-corrected chi connectivity index (χ3v) is 2.95. The van der Waals surface area contributed by atoms with E-state index in [1.165, 1.54) is 0 Å². The van der Waals surface area contributed by atoms with Crippen molar-refractivity contribution in [3.63, 3.8) is 0 Å². The average molecular weight is 349 g/mol. The smallest absolute Gasteiger partial charge is 0.415 e. The van der Waals surface area contributed by atoms with E-state index in [2.05, 4.69) is 4.99 Å². The number of hydrogen-bond acceptors (Lipinski definition) is 7. The molecule has 24 heavy (non-hydrogen) atoms. The Labute approximate surface area is 129 Å². The molecule has 2 amide bonds. The highest BCUT2D eigenvalue weighted by Gasteiger charge is 2.73. The van der Waals surface area contributed by atoms with Gasteiger partial charge in [0.2, 0.25) is 0 Å². The molecule has 130 valence electrons. The molecule has 0 radical (unpaired) electrons. The predicted octanol–water partition coefficient (Wildman–Crippen LogP) is -2.28. The van der Waals surface area contributed by atoms with Gasteiger partial charge in [-0.3, -0.25) is 0 Å². The SMILES string of the molecule is O=C(O)N1C=NC(C(=O)O)(C(=O)O)N(C(=O)O)C1(C(=O)O)C(=O)O. The Morgan fingerprint density at radius 1 is 0.708 bits per heavy atom. The van der Waals surface area contributed by atoms with E-state index in [1.54, 1.807) is 0 Å². The molecule has 0 spiro atoms. The third kappa shape index (κ3) is 1.95. The summed E-state index contributed by atoms with van der Waals surface area (Å²) in [5, 5.41) is 54.4. The molecular weight excluding hydrogens is 342 g/mol. The molecule has 1 aliphatic rings. The molecule has 1 aliphatic heterocycles. The normalized spacial score (nSPS) is 17.8. The Bertz CT molecular complexity index is 668. The van der Waals surface area contributed by atoms with Gasteiger partial charge in [0.25, 0.3) is 0 Å². The van der Waals surface area contributed by atoms with Crippen LogP contribution in [0.25, 0.3) is 0 Å². The molecule has 1 heterocycles. The lowest BCUT2D eigenvalue weighted by atomic mass is 9.98. The standard InChI is InChI=1S/C9H7N3O12/c13-2(14)8(3(15)16)10-1-11(6(21)22)9(4(17)18,5(19)20)12(8)7(23)24/h1H,(H,13,14)(H,15,16)(H,17,18)(H,19,20)(H,21,22)(H,23,24). The summed E-state index contributed by atoms with van der Waals surface area (Å²) in [6.45, 7) is 0. The van der Waals surface area contributed by atoms with Gasteiger partial charge in [0.05, 0.1) is 0 Å². The summed E-state index contributed by atoms with van der Waals surface area (Å²) in [6, 6.07) is 0. The lowest BCUT2D eigenvalue weighted by Crippen LogP contribution is -2.81. The molecule has 0 saturated heterocycles. The van der Waals surface area contributed by atoms with E-state index in [9.17, 15) is 28.8 Å². The van der Waals surface area contributed by atoms with Crippen molar-refractivity contribution in [2.24, 2.45) is 4.99 Å². The predicted molar refractivity (Wildman–Crippen MR) is 64.2 cm³/mol. The average Bonchev–Trinajstić information content (AvgIpc) is 2.43. The van der Waals surface area contributed by atoms with Crippen molar-refractivity contribution >= 4 is 42.4 Å². The maximum atomic E-state index is 11.4. The Hall–Kier alpha value is -3.91. The van der Waals surface area contributed by atoms with Gasteiger partial charge >= 0.3 is 47.4 Å². The van der Waals surface area contributed by atoms with Crippen molar-refractivity contribution in [3.8, 4) is 0 Å². The Balaban J connectivity index is 4.09. The Morgan fingerprint density at radius 2 is 1.12 bits per heavy atom. The first-order valence-electron chi connectivity index (χ1n) is 5.42. The third-order valence-electron chi connectivity index (χ3n) is 2.95. The number of carboxylic acid groups (broad SMARTS) is 6. The van der Waals surface area contributed by atoms with Crippen LogP contribution in [0.1, 0.15) is 0 Å². The summed E-state index contributed by atoms with van der Waals surface area (Å²) < 4.78 is 0. The molecule has 6 N–H and O–H groups in total. The number of carboxylic acids is 4. The highest BCUT2D eigenvalue weighted by molar-refractivity contribution is 6.16. The molecule has 0 atom stereocenters. The second kappa shape index (κ2) is 5.38. The first kappa shape index (κ1) is 18.1. The van der Waals surface area contributed by atoms with Gasteiger partial charge < -0.3 is 30.6 Å². The zero-order valence-electron chi connectivity index (χ0n) is 11.1. The van der Waals surface area contributed by atoms with E-state index in [1.807, 2.05) is 0 Å². The van der Waals surface area contributed by atoms with Crippen molar-refractivity contribution in [2.75, 3.05) is 0 Å². The van der Waals surface area contributed by atoms with Gasteiger partial charge in [-0.2, -0.15) is 0 Å². The van der Waals surface area contributed by atoms with Crippen LogP contribution in [0.15, 0.2) is 4.99 Å². The van der Waals surface area contributed by atoms with Gasteiger partial charge in [-0.1, -0.05) is 0 Å². The van der Waals surface area contributed by atoms with E-state index in [-0.39, 0.29) is 6.34 Å². The first-order chi connectivity index (χ1) is 10.9. The van der Waals surface area contributed by atoms with Crippen LogP contribution in [-0.2, 0) is 19.2 Å². The zero-order valence-corrected chi connectivity index (χ0v) is 11.1. The zero-order chi connectivity index (χ0) is 19.0. The molecule has 0 fully saturated rings. The second-order valence-electron chi connectivity index (χ2n) is 4.08. The Morgan fingerprint density at radius 3 is 1.38 bits per heavy atom. The van der Waals surface area contributed by atoms with Gasteiger partial charge in [-0.15, -0.1) is 0 Å². The van der Waals surface area contributed by atoms with Gasteiger partial charge in [0.1, 0.15) is 6.34 Å². The molecule has 0 aromatic heterocycles. The summed E-state index contributed by atoms with van der Waals surface area (Å²) in [5.41, 5.74) is -8.11. The van der Waals surface area contributed by atoms with Crippen LogP contribution in [0.3, 0.4) is 0 Å². The molecule has 0 aromatic rings. The highest BCUT2D eigenvalue weighted by Crippen LogP contribution is 2.35. The van der Waals surface area contributed by atoms with Crippen LogP contribution >= 0.6 is 0 Å². The number of rotatable bonds is 4. The molecule has 0 bridgehead atoms. The second-order valence-corrected chi connectivity index (χ2v) is 4.08. The molecule has 0 aliphatic carbocycles. The molecule has 1 rings (SSSR count). The van der Waals surface area contributed by atoms with Gasteiger partial charge in [0.15, 0.2) is 0 Å². The summed E-state index contributed by atoms with van der Waals surface area (Å²) in [7, 11) is 0. The van der Waals surface area contributed by atoms with Gasteiger partial charge in [-0.05, 0) is 0 Å². The number of hydrogen-bond donors (Lipinski definition) is 6. The lowest BCUT2D eigenvalue weighted by Gasteiger charge is -2.47. The van der Waals surface area contributed by atoms with E-state index < -0.39 is 57.2 Å². The van der Waals surface area contributed by atoms with Crippen molar-refractivity contribution < 1.29 is 59.4 Å². The fraction of sp³-hybridized carbons (Fsp3) is 0.222. The number of nitrogens with zero attached hydrogens (tertiary/aromatic N) is 3. The van der Waals surface area contributed by atoms with E-state index in [4.69, 9.17) is 30.6 Å². The monoisotopic (exact) mass is 349 g/mol. The minimum atomic E-state index is -4.16. The maximum Gasteiger partial charge on any atom is 0.415 e. The number of aliphatic carboxylic acids is 4. The van der Waals surface area contributed by atoms with Crippen LogP contribution in [-0.4, -0.2) is 94.2 Å². The molecule has 0 aromatic carbocycles. The van der Waals surface area contributed by atoms with Crippen molar-refractivity contribution in [2.45, 2.75) is 11.3 Å². The van der Waals surface area contributed by atoms with Crippen LogP contribution in [0.2, 0.25) is 0 Å². The first-order valence-corrected chi connectivity index (χ1v) is 5.42. The van der Waals surface area contributed by atoms with Crippen molar-refractivity contribution in [1.82, 2.24) is 9.80 Å². The van der Waals surface area contributed by atoms with Crippen LogP contribution in [0, 0.1) is 0 Å². The maximum absolute atomic E-state index is 11.4. The van der Waals surface area contributed by atoms with Gasteiger partial charge in [0, 0.05) is 0 Å². The fourth-order valence-electron chi connectivity index (χ4n) is 1.97. The lowest BCUT2D eigenvalue weighted by molar-refractivity contribution is -0.193. The van der Waals surface area contributed by atoms with Crippen LogP contribution in [0.5, 0.6) is 0 Å². The largest absolute Gasteiger partial charge is 0.478 e. The van der Waals surface area contributed by atoms with Crippen molar-refractivity contribution in [1.29, 1.82) is 0 Å². The summed E-state index contributed by atoms with van der Waals surface area (Å²) in [5.74, 6) is -10.5. The summed E-state index contributed by atoms with van der Waals surface area (Å²) >= 11 is 0.